The Morgan fingerprint density at radius 2 is 1.68 bits per heavy atom. The molecule has 1 fully saturated rings. The van der Waals surface area contributed by atoms with Crippen LogP contribution in [0.15, 0.2) is 30.4 Å². The maximum absolute atomic E-state index is 12.3. The second kappa shape index (κ2) is 11.6. The zero-order chi connectivity index (χ0) is 21.1. The summed E-state index contributed by atoms with van der Waals surface area (Å²) in [5.41, 5.74) is 0.728. The van der Waals surface area contributed by atoms with E-state index in [2.05, 4.69) is 10.2 Å². The number of likely N-dealkylation sites (tertiary alicyclic amines) is 1. The molecule has 0 radical (unpaired) electrons. The monoisotopic (exact) mass is 394 g/mol. The number of likely N-dealkylation sites (N-methyl/N-ethyl adjacent to an activating group) is 1. The second-order valence-electron chi connectivity index (χ2n) is 6.06. The van der Waals surface area contributed by atoms with E-state index < -0.39 is 11.9 Å². The lowest BCUT2D eigenvalue weighted by atomic mass is 10.0. The zero-order valence-electron chi connectivity index (χ0n) is 16.2. The van der Waals surface area contributed by atoms with Crippen LogP contribution in [0.1, 0.15) is 19.3 Å². The van der Waals surface area contributed by atoms with Gasteiger partial charge in [0.25, 0.3) is 0 Å². The summed E-state index contributed by atoms with van der Waals surface area (Å²) >= 11 is 0. The maximum Gasteiger partial charge on any atom is 0.328 e. The van der Waals surface area contributed by atoms with Crippen LogP contribution in [0.25, 0.3) is 0 Å². The molecule has 1 aliphatic heterocycles. The number of nitrogens with zero attached hydrogens (tertiary/aromatic N) is 1. The number of hydrogen-bond acceptors (Lipinski definition) is 6. The van der Waals surface area contributed by atoms with Gasteiger partial charge >= 0.3 is 11.9 Å². The van der Waals surface area contributed by atoms with Crippen molar-refractivity contribution in [1.82, 2.24) is 4.90 Å². The molecular formula is C19H26N2O7. The fourth-order valence-electron chi connectivity index (χ4n) is 2.69. The molecule has 0 spiro atoms. The Balaban J connectivity index is 0.000000416. The van der Waals surface area contributed by atoms with Gasteiger partial charge in [-0.1, -0.05) is 6.42 Å². The minimum Gasteiger partial charge on any atom is -0.493 e. The smallest absolute Gasteiger partial charge is 0.328 e. The van der Waals surface area contributed by atoms with E-state index in [1.165, 1.54) is 0 Å². The number of carbonyl (C=O) groups excluding carboxylic acids is 1. The quantitative estimate of drug-likeness (QED) is 0.624. The molecule has 1 aliphatic rings. The average molecular weight is 394 g/mol. The van der Waals surface area contributed by atoms with Gasteiger partial charge in [0.05, 0.1) is 20.3 Å². The molecule has 2 rings (SSSR count). The van der Waals surface area contributed by atoms with Crippen molar-refractivity contribution in [1.29, 1.82) is 0 Å². The summed E-state index contributed by atoms with van der Waals surface area (Å²) in [5.74, 6) is -1.21. The first kappa shape index (κ1) is 23.0. The number of carbonyl (C=O) groups is 3. The predicted molar refractivity (Wildman–Crippen MR) is 103 cm³/mol. The fourth-order valence-corrected chi connectivity index (χ4v) is 2.69. The molecule has 0 aromatic heterocycles. The predicted octanol–water partition coefficient (Wildman–Crippen LogP) is 1.84. The summed E-state index contributed by atoms with van der Waals surface area (Å²) in [6.07, 6.45) is 4.30. The normalized spacial score (nSPS) is 16.6. The number of benzene rings is 1. The second-order valence-corrected chi connectivity index (χ2v) is 6.06. The molecule has 154 valence electrons. The molecular weight excluding hydrogens is 368 g/mol. The molecule has 1 unspecified atom stereocenters. The van der Waals surface area contributed by atoms with E-state index in [1.807, 2.05) is 13.1 Å². The lowest BCUT2D eigenvalue weighted by molar-refractivity contribution is -0.134. The number of hydrogen-bond donors (Lipinski definition) is 3. The zero-order valence-corrected chi connectivity index (χ0v) is 16.2. The van der Waals surface area contributed by atoms with Crippen molar-refractivity contribution in [2.24, 2.45) is 0 Å². The van der Waals surface area contributed by atoms with Crippen molar-refractivity contribution in [3.8, 4) is 11.5 Å². The Morgan fingerprint density at radius 3 is 2.18 bits per heavy atom. The lowest BCUT2D eigenvalue weighted by Gasteiger charge is -2.31. The molecule has 1 saturated heterocycles. The molecule has 9 heteroatoms. The summed E-state index contributed by atoms with van der Waals surface area (Å²) in [4.78, 5) is 33.5. The van der Waals surface area contributed by atoms with Gasteiger partial charge in [-0.3, -0.25) is 9.69 Å². The third kappa shape index (κ3) is 7.67. The minimum absolute atomic E-state index is 0.0411. The number of carboxylic acid groups (broad SMARTS) is 2. The van der Waals surface area contributed by atoms with Gasteiger partial charge in [-0.2, -0.15) is 0 Å². The van der Waals surface area contributed by atoms with Gasteiger partial charge in [0.2, 0.25) is 5.91 Å². The molecule has 1 aromatic rings. The first-order valence-corrected chi connectivity index (χ1v) is 8.65. The van der Waals surface area contributed by atoms with E-state index in [4.69, 9.17) is 19.7 Å². The summed E-state index contributed by atoms with van der Waals surface area (Å²) in [6.45, 7) is 0.976. The Morgan fingerprint density at radius 1 is 1.07 bits per heavy atom. The molecule has 1 aromatic carbocycles. The highest BCUT2D eigenvalue weighted by Crippen LogP contribution is 2.30. The van der Waals surface area contributed by atoms with Gasteiger partial charge in [-0.05, 0) is 38.6 Å². The van der Waals surface area contributed by atoms with Crippen LogP contribution in [0.5, 0.6) is 11.5 Å². The summed E-state index contributed by atoms with van der Waals surface area (Å²) in [5, 5.41) is 18.6. The number of anilines is 1. The SMILES string of the molecule is COc1ccc(NC(=O)C2CCCCN2C)cc1OC.O=C(O)/C=C/C(=O)O. The van der Waals surface area contributed by atoms with Crippen LogP contribution < -0.4 is 14.8 Å². The lowest BCUT2D eigenvalue weighted by Crippen LogP contribution is -2.44. The molecule has 0 saturated carbocycles. The molecule has 0 bridgehead atoms. The van der Waals surface area contributed by atoms with Gasteiger partial charge in [0, 0.05) is 23.9 Å². The van der Waals surface area contributed by atoms with Crippen molar-refractivity contribution in [2.45, 2.75) is 25.3 Å². The molecule has 1 heterocycles. The minimum atomic E-state index is -1.26. The number of aliphatic carboxylic acids is 2. The number of nitrogens with one attached hydrogen (secondary N) is 1. The van der Waals surface area contributed by atoms with Crippen molar-refractivity contribution in [2.75, 3.05) is 33.1 Å². The molecule has 1 atom stereocenters. The number of carboxylic acids is 2. The van der Waals surface area contributed by atoms with Crippen LogP contribution in [0, 0.1) is 0 Å². The number of rotatable bonds is 6. The van der Waals surface area contributed by atoms with Gasteiger partial charge in [0.1, 0.15) is 0 Å². The molecule has 9 nitrogen and oxygen atoms in total. The van der Waals surface area contributed by atoms with E-state index in [0.29, 0.717) is 23.7 Å². The van der Waals surface area contributed by atoms with Crippen LogP contribution in [0.3, 0.4) is 0 Å². The van der Waals surface area contributed by atoms with Gasteiger partial charge in [-0.25, -0.2) is 9.59 Å². The van der Waals surface area contributed by atoms with Gasteiger partial charge < -0.3 is 25.0 Å². The van der Waals surface area contributed by atoms with Crippen LogP contribution in [-0.2, 0) is 14.4 Å². The van der Waals surface area contributed by atoms with E-state index in [-0.39, 0.29) is 11.9 Å². The van der Waals surface area contributed by atoms with Crippen molar-refractivity contribution < 1.29 is 34.1 Å². The highest BCUT2D eigenvalue weighted by Gasteiger charge is 2.25. The van der Waals surface area contributed by atoms with Crippen LogP contribution in [-0.4, -0.2) is 66.8 Å². The topological polar surface area (TPSA) is 125 Å². The highest BCUT2D eigenvalue weighted by atomic mass is 16.5. The largest absolute Gasteiger partial charge is 0.493 e. The van der Waals surface area contributed by atoms with Crippen molar-refractivity contribution >= 4 is 23.5 Å². The number of ether oxygens (including phenoxy) is 2. The first-order chi connectivity index (χ1) is 13.3. The molecule has 3 N–H and O–H groups in total. The van der Waals surface area contributed by atoms with E-state index in [0.717, 1.165) is 31.5 Å². The molecule has 1 amide bonds. The first-order valence-electron chi connectivity index (χ1n) is 8.65. The Bertz CT molecular complexity index is 702. The standard InChI is InChI=1S/C15H22N2O3.C4H4O4/c1-17-9-5-4-6-12(17)15(18)16-11-7-8-13(19-2)14(10-11)20-3;5-3(6)1-2-4(7)8/h7-8,10,12H,4-6,9H2,1-3H3,(H,16,18);1-2H,(H,5,6)(H,7,8)/b;2-1+. The maximum atomic E-state index is 12.3. The third-order valence-electron chi connectivity index (χ3n) is 4.09. The molecule has 0 aliphatic carbocycles. The number of piperidine rings is 1. The van der Waals surface area contributed by atoms with Gasteiger partial charge in [-0.15, -0.1) is 0 Å². The summed E-state index contributed by atoms with van der Waals surface area (Å²) in [7, 11) is 5.17. The van der Waals surface area contributed by atoms with Crippen molar-refractivity contribution in [3.63, 3.8) is 0 Å². The van der Waals surface area contributed by atoms with Gasteiger partial charge in [0.15, 0.2) is 11.5 Å². The Hall–Kier alpha value is -3.07. The summed E-state index contributed by atoms with van der Waals surface area (Å²) < 4.78 is 10.4. The van der Waals surface area contributed by atoms with E-state index in [1.54, 1.807) is 26.4 Å². The van der Waals surface area contributed by atoms with Crippen LogP contribution >= 0.6 is 0 Å². The fraction of sp³-hybridized carbons (Fsp3) is 0.421. The highest BCUT2D eigenvalue weighted by molar-refractivity contribution is 5.95. The molecule has 28 heavy (non-hydrogen) atoms. The Kier molecular flexibility index (Phi) is 9.52. The average Bonchev–Trinajstić information content (AvgIpc) is 2.67. The van der Waals surface area contributed by atoms with E-state index in [9.17, 15) is 14.4 Å². The van der Waals surface area contributed by atoms with Crippen molar-refractivity contribution in [3.05, 3.63) is 30.4 Å². The van der Waals surface area contributed by atoms with Crippen LogP contribution in [0.4, 0.5) is 5.69 Å². The summed E-state index contributed by atoms with van der Waals surface area (Å²) in [6, 6.07) is 5.34. The number of amides is 1. The van der Waals surface area contributed by atoms with Crippen LogP contribution in [0.2, 0.25) is 0 Å². The number of methoxy groups -OCH3 is 2. The Labute approximate surface area is 163 Å². The van der Waals surface area contributed by atoms with E-state index >= 15 is 0 Å². The third-order valence-corrected chi connectivity index (χ3v) is 4.09.